The number of carbonyl (C=O) groups is 2. The molecule has 1 heterocycles. The van der Waals surface area contributed by atoms with Crippen molar-refractivity contribution in [1.29, 1.82) is 0 Å². The number of ketones is 1. The third-order valence-electron chi connectivity index (χ3n) is 8.24. The van der Waals surface area contributed by atoms with Gasteiger partial charge in [0.15, 0.2) is 5.78 Å². The van der Waals surface area contributed by atoms with E-state index in [1.165, 1.54) is 5.56 Å². The lowest BCUT2D eigenvalue weighted by Crippen LogP contribution is -2.47. The molecule has 2 aromatic rings. The molecule has 4 atom stereocenters. The molecule has 0 unspecified atom stereocenters. The van der Waals surface area contributed by atoms with Crippen LogP contribution in [0.4, 0.5) is 4.79 Å². The first-order valence-corrected chi connectivity index (χ1v) is 16.8. The first-order valence-electron chi connectivity index (χ1n) is 13.3. The molecule has 0 N–H and O–H groups in total. The first kappa shape index (κ1) is 26.4. The molecular formula is C31H41NO3Si. The Balaban J connectivity index is 1.66. The quantitative estimate of drug-likeness (QED) is 0.393. The number of carbonyl (C=O) groups excluding carboxylic acids is 2. The van der Waals surface area contributed by atoms with Crippen molar-refractivity contribution in [3.8, 4) is 0 Å². The molecule has 0 saturated heterocycles. The van der Waals surface area contributed by atoms with Crippen LogP contribution in [0.3, 0.4) is 0 Å². The zero-order valence-corrected chi connectivity index (χ0v) is 23.7. The second-order valence-electron chi connectivity index (χ2n) is 12.3. The van der Waals surface area contributed by atoms with Crippen LogP contribution in [0.15, 0.2) is 72.1 Å². The predicted octanol–water partition coefficient (Wildman–Crippen LogP) is 7.68. The summed E-state index contributed by atoms with van der Waals surface area (Å²) < 4.78 is 6.42. The second kappa shape index (κ2) is 10.4. The van der Waals surface area contributed by atoms with E-state index in [9.17, 15) is 9.59 Å². The number of hydrogen-bond acceptors (Lipinski definition) is 3. The molecule has 1 amide bonds. The van der Waals surface area contributed by atoms with Gasteiger partial charge in [0.05, 0.1) is 14.1 Å². The Kier molecular flexibility index (Phi) is 7.61. The Labute approximate surface area is 217 Å². The summed E-state index contributed by atoms with van der Waals surface area (Å²) in [5, 5.41) is 0.810. The summed E-state index contributed by atoms with van der Waals surface area (Å²) in [4.78, 5) is 28.8. The van der Waals surface area contributed by atoms with Gasteiger partial charge >= 0.3 is 6.09 Å². The number of allylic oxidation sites excluding steroid dienone is 1. The fraction of sp³-hybridized carbons (Fsp3) is 0.484. The van der Waals surface area contributed by atoms with E-state index >= 15 is 0 Å². The summed E-state index contributed by atoms with van der Waals surface area (Å²) in [7, 11) is -1.93. The van der Waals surface area contributed by atoms with Gasteiger partial charge in [-0.05, 0) is 40.5 Å². The maximum Gasteiger partial charge on any atom is 0.414 e. The molecule has 36 heavy (non-hydrogen) atoms. The van der Waals surface area contributed by atoms with Crippen LogP contribution in [-0.4, -0.2) is 31.0 Å². The van der Waals surface area contributed by atoms with Crippen LogP contribution in [0, 0.1) is 11.8 Å². The Morgan fingerprint density at radius 3 is 2.19 bits per heavy atom. The zero-order valence-electron chi connectivity index (χ0n) is 22.7. The molecule has 0 radical (unpaired) electrons. The van der Waals surface area contributed by atoms with Crippen LogP contribution in [0.25, 0.3) is 0 Å². The van der Waals surface area contributed by atoms with Gasteiger partial charge < -0.3 is 4.74 Å². The molecular weight excluding hydrogens is 462 g/mol. The van der Waals surface area contributed by atoms with Gasteiger partial charge in [-0.25, -0.2) is 4.79 Å². The van der Waals surface area contributed by atoms with E-state index in [2.05, 4.69) is 64.7 Å². The minimum absolute atomic E-state index is 0.123. The van der Waals surface area contributed by atoms with E-state index in [-0.39, 0.29) is 35.4 Å². The minimum atomic E-state index is -1.93. The van der Waals surface area contributed by atoms with Crippen molar-refractivity contribution in [1.82, 2.24) is 4.90 Å². The number of nitrogens with zero attached hydrogens (tertiary/aromatic N) is 1. The van der Waals surface area contributed by atoms with Crippen molar-refractivity contribution in [3.63, 3.8) is 0 Å². The summed E-state index contributed by atoms with van der Waals surface area (Å²) in [6.45, 7) is 13.3. The van der Waals surface area contributed by atoms with Crippen LogP contribution in [0.5, 0.6) is 0 Å². The van der Waals surface area contributed by atoms with Crippen molar-refractivity contribution in [2.75, 3.05) is 0 Å². The van der Waals surface area contributed by atoms with E-state index in [0.29, 0.717) is 12.3 Å². The lowest BCUT2D eigenvalue weighted by Gasteiger charge is -2.45. The monoisotopic (exact) mass is 503 g/mol. The highest BCUT2D eigenvalue weighted by Gasteiger charge is 2.44. The number of rotatable bonds is 5. The minimum Gasteiger partial charge on any atom is -0.446 e. The highest BCUT2D eigenvalue weighted by molar-refractivity contribution is 6.87. The van der Waals surface area contributed by atoms with E-state index < -0.39 is 8.07 Å². The van der Waals surface area contributed by atoms with E-state index in [1.54, 1.807) is 4.90 Å². The number of ether oxygens (including phenoxy) is 1. The molecule has 192 valence electrons. The summed E-state index contributed by atoms with van der Waals surface area (Å²) in [5.74, 6) is 0.884. The van der Waals surface area contributed by atoms with Crippen LogP contribution >= 0.6 is 0 Å². The smallest absolute Gasteiger partial charge is 0.414 e. The molecule has 0 spiro atoms. The molecule has 4 rings (SSSR count). The van der Waals surface area contributed by atoms with Gasteiger partial charge in [-0.2, -0.15) is 0 Å². The van der Waals surface area contributed by atoms with Gasteiger partial charge in [-0.3, -0.25) is 9.69 Å². The van der Waals surface area contributed by atoms with Gasteiger partial charge in [0.25, 0.3) is 0 Å². The molecule has 0 aromatic heterocycles. The highest BCUT2D eigenvalue weighted by Crippen LogP contribution is 2.44. The van der Waals surface area contributed by atoms with Gasteiger partial charge in [-0.15, -0.1) is 0 Å². The topological polar surface area (TPSA) is 46.6 Å². The van der Waals surface area contributed by atoms with Crippen LogP contribution in [0.1, 0.15) is 63.6 Å². The molecule has 2 aromatic carbocycles. The molecule has 1 saturated carbocycles. The third-order valence-corrected chi connectivity index (χ3v) is 10.3. The molecule has 2 aliphatic rings. The molecule has 4 nitrogen and oxygen atoms in total. The summed E-state index contributed by atoms with van der Waals surface area (Å²) in [6.07, 6.45) is 4.64. The number of benzene rings is 2. The fourth-order valence-electron chi connectivity index (χ4n) is 5.99. The van der Waals surface area contributed by atoms with Crippen molar-refractivity contribution < 1.29 is 14.3 Å². The molecule has 5 heteroatoms. The van der Waals surface area contributed by atoms with Gasteiger partial charge in [0.1, 0.15) is 6.10 Å². The van der Waals surface area contributed by atoms with Crippen LogP contribution < -0.4 is 0 Å². The van der Waals surface area contributed by atoms with Gasteiger partial charge in [0, 0.05) is 18.5 Å². The van der Waals surface area contributed by atoms with Crippen molar-refractivity contribution in [2.24, 2.45) is 11.8 Å². The van der Waals surface area contributed by atoms with Gasteiger partial charge in [0.2, 0.25) is 0 Å². The number of amides is 1. The average Bonchev–Trinajstić information content (AvgIpc) is 2.84. The predicted molar refractivity (Wildman–Crippen MR) is 148 cm³/mol. The van der Waals surface area contributed by atoms with Crippen LogP contribution in [-0.2, 0) is 14.9 Å². The Morgan fingerprint density at radius 1 is 0.972 bits per heavy atom. The van der Waals surface area contributed by atoms with Crippen molar-refractivity contribution in [2.45, 2.75) is 83.7 Å². The van der Waals surface area contributed by atoms with E-state index in [0.717, 1.165) is 30.0 Å². The Morgan fingerprint density at radius 2 is 1.58 bits per heavy atom. The maximum absolute atomic E-state index is 13.9. The normalized spacial score (nSPS) is 25.3. The molecule has 1 aliphatic heterocycles. The summed E-state index contributed by atoms with van der Waals surface area (Å²) >= 11 is 0. The zero-order chi connectivity index (χ0) is 26.1. The second-order valence-corrected chi connectivity index (χ2v) is 17.3. The lowest BCUT2D eigenvalue weighted by molar-refractivity contribution is -0.116. The summed E-state index contributed by atoms with van der Waals surface area (Å²) in [6, 6.07) is 20.1. The SMILES string of the molecule is C[C@@H]1CC[C@@H](C(C)(C)c2ccccc2)[C@H](OC(=O)N2C=C([Si](C)(C)C)C(=O)C[C@H]2c2ccccc2)C1. The van der Waals surface area contributed by atoms with Crippen LogP contribution in [0.2, 0.25) is 19.6 Å². The third kappa shape index (κ3) is 5.51. The summed E-state index contributed by atoms with van der Waals surface area (Å²) in [5.41, 5.74) is 2.12. The van der Waals surface area contributed by atoms with Gasteiger partial charge in [-0.1, -0.05) is 107 Å². The Hall–Kier alpha value is -2.66. The number of hydrogen-bond donors (Lipinski definition) is 0. The number of Topliss-reactive ketones (excluding diaryl/α,β-unsaturated/α-hetero) is 1. The molecule has 0 bridgehead atoms. The first-order chi connectivity index (χ1) is 17.0. The largest absolute Gasteiger partial charge is 0.446 e. The average molecular weight is 504 g/mol. The van der Waals surface area contributed by atoms with Crippen molar-refractivity contribution in [3.05, 3.63) is 83.2 Å². The standard InChI is InChI=1S/C31H41NO3Si/c1-22-17-18-25(31(2,3)24-15-11-8-12-16-24)28(19-22)35-30(34)32-21-29(36(4,5)6)27(33)20-26(32)23-13-9-7-10-14-23/h7-16,21-22,25-26,28H,17-20H2,1-6H3/t22-,25-,26+,28-/m1/s1. The fourth-order valence-corrected chi connectivity index (χ4v) is 7.45. The molecule has 1 aliphatic carbocycles. The Bertz CT molecular complexity index is 1100. The van der Waals surface area contributed by atoms with E-state index in [1.807, 2.05) is 42.6 Å². The highest BCUT2D eigenvalue weighted by atomic mass is 28.3. The maximum atomic E-state index is 13.9. The lowest BCUT2D eigenvalue weighted by atomic mass is 9.64. The van der Waals surface area contributed by atoms with E-state index in [4.69, 9.17) is 4.74 Å². The van der Waals surface area contributed by atoms with Crippen molar-refractivity contribution >= 4 is 20.0 Å². The molecule has 1 fully saturated rings.